The number of aryl methyl sites for hydroxylation is 1. The van der Waals surface area contributed by atoms with Crippen LogP contribution in [-0.2, 0) is 17.6 Å². The fourth-order valence-electron chi connectivity index (χ4n) is 3.43. The summed E-state index contributed by atoms with van der Waals surface area (Å²) in [5.41, 5.74) is 1.65. The van der Waals surface area contributed by atoms with E-state index in [4.69, 9.17) is 37.8 Å². The van der Waals surface area contributed by atoms with E-state index in [2.05, 4.69) is 4.98 Å². The highest BCUT2D eigenvalue weighted by atomic mass is 35.5. The molecule has 0 saturated carbocycles. The van der Waals surface area contributed by atoms with Gasteiger partial charge in [-0.3, -0.25) is 0 Å². The maximum atomic E-state index is 13.1. The molecule has 1 heterocycles. The molecule has 0 unspecified atom stereocenters. The van der Waals surface area contributed by atoms with Gasteiger partial charge in [-0.15, -0.1) is 11.3 Å². The van der Waals surface area contributed by atoms with E-state index in [0.29, 0.717) is 53.8 Å². The predicted molar refractivity (Wildman–Crippen MR) is 137 cm³/mol. The predicted octanol–water partition coefficient (Wildman–Crippen LogP) is 8.15. The SMILES string of the molecule is Cc1cc(OCc2nc(-c3ccc(C(F)(F)F)cc3)c(-c3ccc(Cl)c(Cl)c3)s2)ccc1OCC(=O)O. The number of hydrogen-bond donors (Lipinski definition) is 1. The Morgan fingerprint density at radius 2 is 1.68 bits per heavy atom. The van der Waals surface area contributed by atoms with Crippen molar-refractivity contribution in [3.05, 3.63) is 86.8 Å². The third kappa shape index (κ3) is 6.54. The Hall–Kier alpha value is -3.27. The van der Waals surface area contributed by atoms with Gasteiger partial charge in [0.05, 0.1) is 26.2 Å². The van der Waals surface area contributed by atoms with E-state index in [-0.39, 0.29) is 6.61 Å². The molecule has 0 aliphatic carbocycles. The van der Waals surface area contributed by atoms with Crippen molar-refractivity contribution < 1.29 is 32.5 Å². The lowest BCUT2D eigenvalue weighted by atomic mass is 10.0. The number of benzene rings is 3. The largest absolute Gasteiger partial charge is 0.486 e. The lowest BCUT2D eigenvalue weighted by Gasteiger charge is -2.09. The number of carbonyl (C=O) groups is 1. The van der Waals surface area contributed by atoms with Crippen molar-refractivity contribution >= 4 is 40.5 Å². The number of aliphatic carboxylic acids is 1. The van der Waals surface area contributed by atoms with Gasteiger partial charge < -0.3 is 14.6 Å². The molecule has 0 spiro atoms. The van der Waals surface area contributed by atoms with Crippen LogP contribution in [0.15, 0.2) is 60.7 Å². The molecular weight excluding hydrogens is 550 g/mol. The number of halogens is 5. The van der Waals surface area contributed by atoms with Gasteiger partial charge in [-0.2, -0.15) is 13.2 Å². The smallest absolute Gasteiger partial charge is 0.416 e. The molecule has 0 aliphatic rings. The first-order valence-electron chi connectivity index (χ1n) is 10.7. The van der Waals surface area contributed by atoms with Crippen molar-refractivity contribution in [2.24, 2.45) is 0 Å². The van der Waals surface area contributed by atoms with Crippen molar-refractivity contribution in [2.45, 2.75) is 19.7 Å². The van der Waals surface area contributed by atoms with Crippen LogP contribution in [0.5, 0.6) is 11.5 Å². The van der Waals surface area contributed by atoms with E-state index in [1.165, 1.54) is 23.5 Å². The Labute approximate surface area is 224 Å². The third-order valence-electron chi connectivity index (χ3n) is 5.20. The number of carboxylic acids is 1. The first kappa shape index (κ1) is 26.8. The van der Waals surface area contributed by atoms with Crippen molar-refractivity contribution in [1.82, 2.24) is 4.98 Å². The number of carboxylic acid groups (broad SMARTS) is 1. The average molecular weight is 568 g/mol. The minimum absolute atomic E-state index is 0.0917. The normalized spacial score (nSPS) is 11.4. The molecule has 3 aromatic carbocycles. The highest BCUT2D eigenvalue weighted by Gasteiger charge is 2.30. The van der Waals surface area contributed by atoms with Crippen LogP contribution in [0.3, 0.4) is 0 Å². The maximum Gasteiger partial charge on any atom is 0.416 e. The van der Waals surface area contributed by atoms with Crippen LogP contribution in [0, 0.1) is 6.92 Å². The molecule has 0 bridgehead atoms. The minimum atomic E-state index is -4.45. The zero-order chi connectivity index (χ0) is 26.7. The summed E-state index contributed by atoms with van der Waals surface area (Å²) in [6.45, 7) is 1.40. The highest BCUT2D eigenvalue weighted by Crippen LogP contribution is 2.40. The molecule has 11 heteroatoms. The summed E-state index contributed by atoms with van der Waals surface area (Å²) in [6, 6.07) is 14.8. The number of alkyl halides is 3. The van der Waals surface area contributed by atoms with Gasteiger partial charge in [0, 0.05) is 5.56 Å². The van der Waals surface area contributed by atoms with Crippen molar-refractivity contribution in [3.63, 3.8) is 0 Å². The Balaban J connectivity index is 1.62. The second kappa shape index (κ2) is 11.0. The summed E-state index contributed by atoms with van der Waals surface area (Å²) in [5.74, 6) is -0.136. The fourth-order valence-corrected chi connectivity index (χ4v) is 4.72. The van der Waals surface area contributed by atoms with Crippen LogP contribution in [0.4, 0.5) is 13.2 Å². The van der Waals surface area contributed by atoms with E-state index in [9.17, 15) is 18.0 Å². The van der Waals surface area contributed by atoms with Gasteiger partial charge in [0.25, 0.3) is 0 Å². The van der Waals surface area contributed by atoms with Crippen LogP contribution in [-0.4, -0.2) is 22.7 Å². The maximum absolute atomic E-state index is 13.1. The first-order valence-corrected chi connectivity index (χ1v) is 12.3. The summed E-state index contributed by atoms with van der Waals surface area (Å²) in [7, 11) is 0. The number of nitrogens with zero attached hydrogens (tertiary/aromatic N) is 1. The molecule has 0 aliphatic heterocycles. The lowest BCUT2D eigenvalue weighted by molar-refractivity contribution is -0.139. The summed E-state index contributed by atoms with van der Waals surface area (Å²) in [6.07, 6.45) is -4.45. The van der Waals surface area contributed by atoms with Crippen LogP contribution < -0.4 is 9.47 Å². The zero-order valence-electron chi connectivity index (χ0n) is 19.1. The van der Waals surface area contributed by atoms with Gasteiger partial charge in [0.1, 0.15) is 23.1 Å². The zero-order valence-corrected chi connectivity index (χ0v) is 21.4. The molecule has 4 rings (SSSR count). The Bertz CT molecular complexity index is 1440. The van der Waals surface area contributed by atoms with E-state index >= 15 is 0 Å². The van der Waals surface area contributed by atoms with Gasteiger partial charge in [-0.1, -0.05) is 41.4 Å². The number of rotatable bonds is 8. The molecule has 0 amide bonds. The van der Waals surface area contributed by atoms with E-state index < -0.39 is 24.3 Å². The molecule has 1 aromatic heterocycles. The van der Waals surface area contributed by atoms with Crippen molar-refractivity contribution in [3.8, 4) is 33.2 Å². The van der Waals surface area contributed by atoms with Crippen LogP contribution in [0.25, 0.3) is 21.7 Å². The summed E-state index contributed by atoms with van der Waals surface area (Å²) in [5, 5.41) is 10.1. The fraction of sp³-hybridized carbons (Fsp3) is 0.154. The number of ether oxygens (including phenoxy) is 2. The van der Waals surface area contributed by atoms with Crippen LogP contribution in [0.1, 0.15) is 16.1 Å². The molecule has 0 fully saturated rings. The molecule has 0 radical (unpaired) electrons. The summed E-state index contributed by atoms with van der Waals surface area (Å²) < 4.78 is 50.3. The topological polar surface area (TPSA) is 68.7 Å². The molecule has 37 heavy (non-hydrogen) atoms. The molecular formula is C26H18Cl2F3NO4S. The monoisotopic (exact) mass is 567 g/mol. The Morgan fingerprint density at radius 3 is 2.30 bits per heavy atom. The number of hydrogen-bond acceptors (Lipinski definition) is 5. The number of aromatic nitrogens is 1. The van der Waals surface area contributed by atoms with E-state index in [1.54, 1.807) is 43.3 Å². The molecule has 1 N–H and O–H groups in total. The quantitative estimate of drug-likeness (QED) is 0.232. The third-order valence-corrected chi connectivity index (χ3v) is 7.02. The summed E-state index contributed by atoms with van der Waals surface area (Å²) in [4.78, 5) is 16.1. The van der Waals surface area contributed by atoms with Crippen molar-refractivity contribution in [1.29, 1.82) is 0 Å². The van der Waals surface area contributed by atoms with Gasteiger partial charge in [0.2, 0.25) is 0 Å². The van der Waals surface area contributed by atoms with Crippen LogP contribution >= 0.6 is 34.5 Å². The van der Waals surface area contributed by atoms with Gasteiger partial charge in [-0.05, 0) is 60.5 Å². The van der Waals surface area contributed by atoms with Gasteiger partial charge in [-0.25, -0.2) is 9.78 Å². The summed E-state index contributed by atoms with van der Waals surface area (Å²) >= 11 is 13.6. The van der Waals surface area contributed by atoms with E-state index in [0.717, 1.165) is 12.1 Å². The molecule has 5 nitrogen and oxygen atoms in total. The van der Waals surface area contributed by atoms with Gasteiger partial charge >= 0.3 is 12.1 Å². The standard InChI is InChI=1S/C26H18Cl2F3NO4S/c1-14-10-18(7-9-21(14)36-13-23(33)34)35-12-22-32-24(15-2-5-17(6-3-15)26(29,30)31)25(37-22)16-4-8-19(27)20(28)11-16/h2-11H,12-13H2,1H3,(H,33,34). The van der Waals surface area contributed by atoms with Gasteiger partial charge in [0.15, 0.2) is 6.61 Å². The Kier molecular flexibility index (Phi) is 7.96. The second-order valence-corrected chi connectivity index (χ2v) is 9.79. The van der Waals surface area contributed by atoms with Crippen LogP contribution in [0.2, 0.25) is 10.0 Å². The first-order chi connectivity index (χ1) is 17.5. The molecule has 192 valence electrons. The molecule has 4 aromatic rings. The minimum Gasteiger partial charge on any atom is -0.486 e. The number of thiazole rings is 1. The molecule has 0 saturated heterocycles. The average Bonchev–Trinajstić information content (AvgIpc) is 3.27. The second-order valence-electron chi connectivity index (χ2n) is 7.89. The molecule has 0 atom stereocenters. The van der Waals surface area contributed by atoms with Crippen molar-refractivity contribution in [2.75, 3.05) is 6.61 Å². The lowest BCUT2D eigenvalue weighted by Crippen LogP contribution is -2.10. The Morgan fingerprint density at radius 1 is 0.973 bits per heavy atom. The van der Waals surface area contributed by atoms with E-state index in [1.807, 2.05) is 0 Å². The highest BCUT2D eigenvalue weighted by molar-refractivity contribution is 7.15.